The lowest BCUT2D eigenvalue weighted by Crippen LogP contribution is -2.57. The molecule has 1 fully saturated rings. The van der Waals surface area contributed by atoms with Gasteiger partial charge in [-0.15, -0.1) is 0 Å². The van der Waals surface area contributed by atoms with Crippen LogP contribution < -0.4 is 5.32 Å². The van der Waals surface area contributed by atoms with Gasteiger partial charge in [-0.25, -0.2) is 18.7 Å². The van der Waals surface area contributed by atoms with Crippen molar-refractivity contribution in [1.29, 1.82) is 0 Å². The van der Waals surface area contributed by atoms with E-state index < -0.39 is 48.5 Å². The average molecular weight is 495 g/mol. The summed E-state index contributed by atoms with van der Waals surface area (Å²) in [5, 5.41) is 6.98. The molecule has 2 atom stereocenters. The van der Waals surface area contributed by atoms with Gasteiger partial charge < -0.3 is 10.2 Å². The summed E-state index contributed by atoms with van der Waals surface area (Å²) in [6.07, 6.45) is -0.645. The second kappa shape index (κ2) is 9.19. The Morgan fingerprint density at radius 1 is 1.20 bits per heavy atom. The Morgan fingerprint density at radius 3 is 2.54 bits per heavy atom. The first kappa shape index (κ1) is 24.5. The highest BCUT2D eigenvalue weighted by molar-refractivity contribution is 5.98. The standard InChI is InChI=1S/C22H22F5N7O/c1-13-7-21(23,24)12-34(17(13)10-31-20-29-8-14(9-30-20)22(25,26)27)19(35)18-15(11-33(2)32-18)16-5-3-4-6-28-16/h3-6,8-9,11,13,17H,7,10,12H2,1-2H3,(H,29,30,31)/t13-,17?/m1/s1. The molecular weight excluding hydrogens is 473 g/mol. The van der Waals surface area contributed by atoms with E-state index in [0.29, 0.717) is 23.7 Å². The normalized spacial score (nSPS) is 20.0. The number of nitrogens with zero attached hydrogens (tertiary/aromatic N) is 6. The predicted molar refractivity (Wildman–Crippen MR) is 116 cm³/mol. The largest absolute Gasteiger partial charge is 0.419 e. The Kier molecular flexibility index (Phi) is 6.43. The predicted octanol–water partition coefficient (Wildman–Crippen LogP) is 3.89. The molecule has 3 aromatic rings. The first-order valence-electron chi connectivity index (χ1n) is 10.7. The molecule has 1 saturated heterocycles. The molecule has 186 valence electrons. The number of carbonyl (C=O) groups excluding carboxylic acids is 1. The van der Waals surface area contributed by atoms with Crippen LogP contribution in [0.5, 0.6) is 0 Å². The van der Waals surface area contributed by atoms with Gasteiger partial charge in [-0.2, -0.15) is 18.3 Å². The third-order valence-electron chi connectivity index (χ3n) is 5.76. The number of rotatable bonds is 5. The first-order chi connectivity index (χ1) is 16.4. The minimum absolute atomic E-state index is 0.0214. The number of anilines is 1. The Labute approximate surface area is 197 Å². The summed E-state index contributed by atoms with van der Waals surface area (Å²) >= 11 is 0. The van der Waals surface area contributed by atoms with E-state index in [9.17, 15) is 26.7 Å². The Hall–Kier alpha value is -3.64. The molecule has 8 nitrogen and oxygen atoms in total. The number of amides is 1. The maximum absolute atomic E-state index is 14.5. The van der Waals surface area contributed by atoms with E-state index in [1.165, 1.54) is 4.68 Å². The maximum Gasteiger partial charge on any atom is 0.419 e. The van der Waals surface area contributed by atoms with E-state index >= 15 is 0 Å². The molecular formula is C22H22F5N7O. The molecule has 35 heavy (non-hydrogen) atoms. The van der Waals surface area contributed by atoms with Crippen molar-refractivity contribution in [2.75, 3.05) is 18.4 Å². The van der Waals surface area contributed by atoms with Gasteiger partial charge in [0.15, 0.2) is 5.69 Å². The van der Waals surface area contributed by atoms with Crippen molar-refractivity contribution >= 4 is 11.9 Å². The smallest absolute Gasteiger partial charge is 0.352 e. The fourth-order valence-electron chi connectivity index (χ4n) is 4.13. The van der Waals surface area contributed by atoms with Gasteiger partial charge in [0, 0.05) is 44.8 Å². The molecule has 1 amide bonds. The van der Waals surface area contributed by atoms with Crippen molar-refractivity contribution in [2.45, 2.75) is 31.5 Å². The number of nitrogens with one attached hydrogen (secondary N) is 1. The quantitative estimate of drug-likeness (QED) is 0.541. The molecule has 4 heterocycles. The third-order valence-corrected chi connectivity index (χ3v) is 5.76. The van der Waals surface area contributed by atoms with Crippen molar-refractivity contribution in [3.8, 4) is 11.3 Å². The summed E-state index contributed by atoms with van der Waals surface area (Å²) in [7, 11) is 1.61. The highest BCUT2D eigenvalue weighted by Gasteiger charge is 2.47. The molecule has 3 aromatic heterocycles. The number of hydrogen-bond acceptors (Lipinski definition) is 6. The van der Waals surface area contributed by atoms with Crippen LogP contribution in [-0.4, -0.2) is 60.6 Å². The van der Waals surface area contributed by atoms with Crippen LogP contribution in [0.4, 0.5) is 27.9 Å². The third kappa shape index (κ3) is 5.38. The van der Waals surface area contributed by atoms with Crippen LogP contribution >= 0.6 is 0 Å². The highest BCUT2D eigenvalue weighted by Crippen LogP contribution is 2.36. The number of aryl methyl sites for hydroxylation is 1. The Balaban J connectivity index is 1.60. The van der Waals surface area contributed by atoms with E-state index in [-0.39, 0.29) is 18.2 Å². The average Bonchev–Trinajstić information content (AvgIpc) is 3.19. The van der Waals surface area contributed by atoms with Gasteiger partial charge in [0.05, 0.1) is 29.4 Å². The monoisotopic (exact) mass is 495 g/mol. The summed E-state index contributed by atoms with van der Waals surface area (Å²) in [5.41, 5.74) is -0.166. The number of hydrogen-bond donors (Lipinski definition) is 1. The summed E-state index contributed by atoms with van der Waals surface area (Å²) in [5.74, 6) is -4.55. The van der Waals surface area contributed by atoms with Crippen molar-refractivity contribution in [3.05, 3.63) is 54.2 Å². The van der Waals surface area contributed by atoms with Gasteiger partial charge in [-0.1, -0.05) is 13.0 Å². The number of likely N-dealkylation sites (tertiary alicyclic amines) is 1. The zero-order chi connectivity index (χ0) is 25.4. The minimum Gasteiger partial charge on any atom is -0.352 e. The van der Waals surface area contributed by atoms with Crippen LogP contribution in [0.1, 0.15) is 29.4 Å². The second-order valence-electron chi connectivity index (χ2n) is 8.49. The fourth-order valence-corrected chi connectivity index (χ4v) is 4.13. The SMILES string of the molecule is C[C@@H]1CC(F)(F)CN(C(=O)c2nn(C)cc2-c2ccccn2)C1CNc1ncc(C(F)(F)F)cn1. The number of pyridine rings is 1. The van der Waals surface area contributed by atoms with Crippen LogP contribution in [0.15, 0.2) is 43.0 Å². The summed E-state index contributed by atoms with van der Waals surface area (Å²) in [6, 6.07) is 4.41. The highest BCUT2D eigenvalue weighted by atomic mass is 19.4. The fraction of sp³-hybridized carbons (Fsp3) is 0.409. The molecule has 0 saturated carbocycles. The number of carbonyl (C=O) groups is 1. The molecule has 1 aliphatic rings. The van der Waals surface area contributed by atoms with Crippen LogP contribution in [0.3, 0.4) is 0 Å². The molecule has 1 N–H and O–H groups in total. The van der Waals surface area contributed by atoms with Crippen molar-refractivity contribution in [3.63, 3.8) is 0 Å². The first-order valence-corrected chi connectivity index (χ1v) is 10.7. The zero-order valence-corrected chi connectivity index (χ0v) is 18.8. The second-order valence-corrected chi connectivity index (χ2v) is 8.49. The summed E-state index contributed by atoms with van der Waals surface area (Å²) < 4.78 is 68.7. The lowest BCUT2D eigenvalue weighted by Gasteiger charge is -2.43. The maximum atomic E-state index is 14.5. The summed E-state index contributed by atoms with van der Waals surface area (Å²) in [6.45, 7) is 0.722. The van der Waals surface area contributed by atoms with Gasteiger partial charge in [-0.05, 0) is 18.1 Å². The number of piperidine rings is 1. The molecule has 1 aliphatic heterocycles. The minimum atomic E-state index is -4.58. The molecule has 13 heteroatoms. The molecule has 0 spiro atoms. The topological polar surface area (TPSA) is 88.8 Å². The molecule has 0 radical (unpaired) electrons. The van der Waals surface area contributed by atoms with Crippen LogP contribution in [0, 0.1) is 5.92 Å². The van der Waals surface area contributed by atoms with Crippen molar-refractivity contribution in [2.24, 2.45) is 13.0 Å². The van der Waals surface area contributed by atoms with Gasteiger partial charge in [0.2, 0.25) is 5.95 Å². The molecule has 4 rings (SSSR count). The van der Waals surface area contributed by atoms with Crippen LogP contribution in [-0.2, 0) is 13.2 Å². The number of aromatic nitrogens is 5. The van der Waals surface area contributed by atoms with E-state index in [1.54, 1.807) is 44.6 Å². The van der Waals surface area contributed by atoms with Gasteiger partial charge in [0.1, 0.15) is 0 Å². The Morgan fingerprint density at radius 2 is 1.91 bits per heavy atom. The molecule has 0 aliphatic carbocycles. The lowest BCUT2D eigenvalue weighted by molar-refractivity contribution is -0.138. The van der Waals surface area contributed by atoms with E-state index in [1.807, 2.05) is 0 Å². The van der Waals surface area contributed by atoms with Crippen molar-refractivity contribution < 1.29 is 26.7 Å². The van der Waals surface area contributed by atoms with E-state index in [2.05, 4.69) is 25.4 Å². The van der Waals surface area contributed by atoms with Crippen LogP contribution in [0.25, 0.3) is 11.3 Å². The number of halogens is 5. The van der Waals surface area contributed by atoms with Gasteiger partial charge in [-0.3, -0.25) is 14.5 Å². The summed E-state index contributed by atoms with van der Waals surface area (Å²) in [4.78, 5) is 26.1. The molecule has 0 aromatic carbocycles. The molecule has 0 bridgehead atoms. The van der Waals surface area contributed by atoms with Crippen molar-refractivity contribution in [1.82, 2.24) is 29.6 Å². The lowest BCUT2D eigenvalue weighted by atomic mass is 9.88. The van der Waals surface area contributed by atoms with Gasteiger partial charge >= 0.3 is 6.18 Å². The molecule has 1 unspecified atom stereocenters. The van der Waals surface area contributed by atoms with E-state index in [0.717, 1.165) is 4.90 Å². The Bertz CT molecular complexity index is 1180. The number of alkyl halides is 5. The van der Waals surface area contributed by atoms with Crippen LogP contribution in [0.2, 0.25) is 0 Å². The van der Waals surface area contributed by atoms with Gasteiger partial charge in [0.25, 0.3) is 11.8 Å². The van der Waals surface area contributed by atoms with E-state index in [4.69, 9.17) is 0 Å². The zero-order valence-electron chi connectivity index (χ0n) is 18.8.